The van der Waals surface area contributed by atoms with E-state index in [1.807, 2.05) is 24.3 Å². The molecule has 1 N–H and O–H groups in total. The highest BCUT2D eigenvalue weighted by Crippen LogP contribution is 2.31. The van der Waals surface area contributed by atoms with Gasteiger partial charge in [-0.3, -0.25) is 9.59 Å². The lowest BCUT2D eigenvalue weighted by Crippen LogP contribution is -2.32. The van der Waals surface area contributed by atoms with E-state index < -0.39 is 5.92 Å². The molecule has 3 rings (SSSR count). The Morgan fingerprint density at radius 1 is 1.08 bits per heavy atom. The SMILES string of the molecule is O=C(NCc1ccccc1Cl)C1CC(=O)N(c2ccccc2Cl)C1. The first-order valence-electron chi connectivity index (χ1n) is 7.62. The monoisotopic (exact) mass is 362 g/mol. The number of carbonyl (C=O) groups excluding carboxylic acids is 2. The van der Waals surface area contributed by atoms with Gasteiger partial charge in [0.2, 0.25) is 11.8 Å². The number of hydrogen-bond acceptors (Lipinski definition) is 2. The van der Waals surface area contributed by atoms with Crippen LogP contribution in [0.4, 0.5) is 5.69 Å². The average Bonchev–Trinajstić information content (AvgIpc) is 2.96. The van der Waals surface area contributed by atoms with Crippen LogP contribution in [0, 0.1) is 5.92 Å². The van der Waals surface area contributed by atoms with E-state index in [-0.39, 0.29) is 18.2 Å². The van der Waals surface area contributed by atoms with Crippen molar-refractivity contribution in [2.45, 2.75) is 13.0 Å². The van der Waals surface area contributed by atoms with Gasteiger partial charge in [0, 0.05) is 24.5 Å². The van der Waals surface area contributed by atoms with Crippen LogP contribution in [-0.4, -0.2) is 18.4 Å². The Labute approximate surface area is 150 Å². The van der Waals surface area contributed by atoms with Crippen molar-refractivity contribution in [2.24, 2.45) is 5.92 Å². The predicted octanol–water partition coefficient (Wildman–Crippen LogP) is 3.66. The van der Waals surface area contributed by atoms with E-state index in [9.17, 15) is 9.59 Å². The number of rotatable bonds is 4. The topological polar surface area (TPSA) is 49.4 Å². The number of carbonyl (C=O) groups is 2. The third-order valence-corrected chi connectivity index (χ3v) is 4.74. The van der Waals surface area contributed by atoms with Gasteiger partial charge in [-0.05, 0) is 23.8 Å². The fraction of sp³-hybridized carbons (Fsp3) is 0.222. The first kappa shape index (κ1) is 16.8. The minimum absolute atomic E-state index is 0.0963. The molecule has 0 spiro atoms. The third-order valence-electron chi connectivity index (χ3n) is 4.05. The Balaban J connectivity index is 1.64. The van der Waals surface area contributed by atoms with Crippen LogP contribution in [0.15, 0.2) is 48.5 Å². The molecule has 0 radical (unpaired) electrons. The van der Waals surface area contributed by atoms with Crippen molar-refractivity contribution in [3.05, 3.63) is 64.1 Å². The van der Waals surface area contributed by atoms with Crippen LogP contribution in [-0.2, 0) is 16.1 Å². The lowest BCUT2D eigenvalue weighted by Gasteiger charge is -2.18. The van der Waals surface area contributed by atoms with Gasteiger partial charge in [0.15, 0.2) is 0 Å². The molecule has 0 aliphatic carbocycles. The second kappa shape index (κ2) is 7.24. The number of para-hydroxylation sites is 1. The van der Waals surface area contributed by atoms with Crippen molar-refractivity contribution in [2.75, 3.05) is 11.4 Å². The second-order valence-electron chi connectivity index (χ2n) is 5.67. The van der Waals surface area contributed by atoms with Crippen molar-refractivity contribution in [3.63, 3.8) is 0 Å². The van der Waals surface area contributed by atoms with Crippen molar-refractivity contribution in [3.8, 4) is 0 Å². The Morgan fingerprint density at radius 3 is 2.46 bits per heavy atom. The van der Waals surface area contributed by atoms with Crippen molar-refractivity contribution < 1.29 is 9.59 Å². The quantitative estimate of drug-likeness (QED) is 0.901. The molecule has 1 saturated heterocycles. The second-order valence-corrected chi connectivity index (χ2v) is 6.48. The standard InChI is InChI=1S/C18H16Cl2N2O2/c19-14-6-2-1-5-12(14)10-21-18(24)13-9-17(23)22(11-13)16-8-4-3-7-15(16)20/h1-8,13H,9-11H2,(H,21,24). The normalized spacial score (nSPS) is 17.2. The maximum absolute atomic E-state index is 12.4. The molecule has 4 nitrogen and oxygen atoms in total. The summed E-state index contributed by atoms with van der Waals surface area (Å²) < 4.78 is 0. The van der Waals surface area contributed by atoms with Crippen LogP contribution in [0.2, 0.25) is 10.0 Å². The highest BCUT2D eigenvalue weighted by molar-refractivity contribution is 6.34. The molecule has 6 heteroatoms. The van der Waals surface area contributed by atoms with Crippen molar-refractivity contribution in [1.29, 1.82) is 0 Å². The minimum Gasteiger partial charge on any atom is -0.352 e. The number of benzene rings is 2. The number of nitrogens with one attached hydrogen (secondary N) is 1. The molecule has 2 amide bonds. The van der Waals surface area contributed by atoms with Gasteiger partial charge in [0.05, 0.1) is 16.6 Å². The lowest BCUT2D eigenvalue weighted by atomic mass is 10.1. The minimum atomic E-state index is -0.392. The molecule has 0 saturated carbocycles. The zero-order valence-electron chi connectivity index (χ0n) is 12.8. The van der Waals surface area contributed by atoms with Crippen LogP contribution < -0.4 is 10.2 Å². The molecule has 1 fully saturated rings. The summed E-state index contributed by atoms with van der Waals surface area (Å²) in [6.07, 6.45) is 0.180. The lowest BCUT2D eigenvalue weighted by molar-refractivity contribution is -0.126. The van der Waals surface area contributed by atoms with E-state index in [4.69, 9.17) is 23.2 Å². The molecule has 1 atom stereocenters. The number of amides is 2. The van der Waals surface area contributed by atoms with E-state index in [1.165, 1.54) is 0 Å². The molecule has 1 aliphatic rings. The summed E-state index contributed by atoms with van der Waals surface area (Å²) in [7, 11) is 0. The first-order valence-corrected chi connectivity index (χ1v) is 8.38. The molecule has 2 aromatic carbocycles. The fourth-order valence-corrected chi connectivity index (χ4v) is 3.20. The van der Waals surface area contributed by atoms with Crippen molar-refractivity contribution in [1.82, 2.24) is 5.32 Å². The molecule has 0 bridgehead atoms. The van der Waals surface area contributed by atoms with Gasteiger partial charge in [0.25, 0.3) is 0 Å². The van der Waals surface area contributed by atoms with E-state index in [0.29, 0.717) is 28.8 Å². The van der Waals surface area contributed by atoms with E-state index in [0.717, 1.165) is 5.56 Å². The molecule has 24 heavy (non-hydrogen) atoms. The maximum atomic E-state index is 12.4. The third kappa shape index (κ3) is 3.55. The zero-order chi connectivity index (χ0) is 17.1. The molecule has 1 unspecified atom stereocenters. The Kier molecular flexibility index (Phi) is 5.07. The van der Waals surface area contributed by atoms with Gasteiger partial charge in [0.1, 0.15) is 0 Å². The molecule has 1 aliphatic heterocycles. The highest BCUT2D eigenvalue weighted by Gasteiger charge is 2.35. The number of halogens is 2. The summed E-state index contributed by atoms with van der Waals surface area (Å²) >= 11 is 12.2. The summed E-state index contributed by atoms with van der Waals surface area (Å²) in [4.78, 5) is 26.2. The number of anilines is 1. The van der Waals surface area contributed by atoms with Gasteiger partial charge >= 0.3 is 0 Å². The fourth-order valence-electron chi connectivity index (χ4n) is 2.76. The summed E-state index contributed by atoms with van der Waals surface area (Å²) in [5, 5.41) is 3.97. The van der Waals surface area contributed by atoms with Crippen LogP contribution in [0.1, 0.15) is 12.0 Å². The van der Waals surface area contributed by atoms with Crippen LogP contribution >= 0.6 is 23.2 Å². The predicted molar refractivity (Wildman–Crippen MR) is 95.2 cm³/mol. The van der Waals surface area contributed by atoms with Gasteiger partial charge in [-0.2, -0.15) is 0 Å². The molecule has 0 aromatic heterocycles. The molecular weight excluding hydrogens is 347 g/mol. The summed E-state index contributed by atoms with van der Waals surface area (Å²) in [5.74, 6) is -0.643. The van der Waals surface area contributed by atoms with Crippen LogP contribution in [0.5, 0.6) is 0 Å². The van der Waals surface area contributed by atoms with E-state index >= 15 is 0 Å². The number of hydrogen-bond donors (Lipinski definition) is 1. The smallest absolute Gasteiger partial charge is 0.227 e. The summed E-state index contributed by atoms with van der Waals surface area (Å²) in [6, 6.07) is 14.5. The van der Waals surface area contributed by atoms with Gasteiger partial charge in [-0.15, -0.1) is 0 Å². The molecule has 2 aromatic rings. The number of nitrogens with zero attached hydrogens (tertiary/aromatic N) is 1. The van der Waals surface area contributed by atoms with Crippen molar-refractivity contribution >= 4 is 40.7 Å². The molecule has 1 heterocycles. The van der Waals surface area contributed by atoms with Gasteiger partial charge < -0.3 is 10.2 Å². The maximum Gasteiger partial charge on any atom is 0.227 e. The highest BCUT2D eigenvalue weighted by atomic mass is 35.5. The van der Waals surface area contributed by atoms with Crippen LogP contribution in [0.3, 0.4) is 0 Å². The molecular formula is C18H16Cl2N2O2. The van der Waals surface area contributed by atoms with Gasteiger partial charge in [-0.25, -0.2) is 0 Å². The molecule has 124 valence electrons. The van der Waals surface area contributed by atoms with Gasteiger partial charge in [-0.1, -0.05) is 53.5 Å². The Morgan fingerprint density at radius 2 is 1.75 bits per heavy atom. The average molecular weight is 363 g/mol. The summed E-state index contributed by atoms with van der Waals surface area (Å²) in [5.41, 5.74) is 1.49. The van der Waals surface area contributed by atoms with E-state index in [1.54, 1.807) is 29.2 Å². The zero-order valence-corrected chi connectivity index (χ0v) is 14.3. The summed E-state index contributed by atoms with van der Waals surface area (Å²) in [6.45, 7) is 0.673. The Hall–Kier alpha value is -2.04. The van der Waals surface area contributed by atoms with Crippen LogP contribution in [0.25, 0.3) is 0 Å². The van der Waals surface area contributed by atoms with E-state index in [2.05, 4.69) is 5.32 Å². The first-order chi connectivity index (χ1) is 11.6. The largest absolute Gasteiger partial charge is 0.352 e. The Bertz CT molecular complexity index is 779.